The molecule has 2 heterocycles. The Bertz CT molecular complexity index is 1040. The Morgan fingerprint density at radius 1 is 0.973 bits per heavy atom. The highest BCUT2D eigenvalue weighted by molar-refractivity contribution is 5.96. The molecule has 3 unspecified atom stereocenters. The predicted molar refractivity (Wildman–Crippen MR) is 151 cm³/mol. The van der Waals surface area contributed by atoms with E-state index in [1.807, 2.05) is 6.07 Å². The molecule has 1 aliphatic carbocycles. The summed E-state index contributed by atoms with van der Waals surface area (Å²) < 4.78 is 5.60. The van der Waals surface area contributed by atoms with Gasteiger partial charge in [-0.05, 0) is 48.4 Å². The van der Waals surface area contributed by atoms with Gasteiger partial charge in [0.15, 0.2) is 5.78 Å². The molecule has 2 bridgehead atoms. The summed E-state index contributed by atoms with van der Waals surface area (Å²) in [4.78, 5) is 18.5. The molecular weight excluding hydrogens is 456 g/mol. The van der Waals surface area contributed by atoms with Gasteiger partial charge in [-0.2, -0.15) is 0 Å². The van der Waals surface area contributed by atoms with E-state index in [0.717, 1.165) is 30.9 Å². The molecule has 0 amide bonds. The number of nitrogens with zero attached hydrogens (tertiary/aromatic N) is 2. The van der Waals surface area contributed by atoms with Gasteiger partial charge in [0.2, 0.25) is 0 Å². The van der Waals surface area contributed by atoms with Gasteiger partial charge in [-0.15, -0.1) is 6.58 Å². The molecule has 3 atom stereocenters. The number of hydrogen-bond donors (Lipinski definition) is 0. The van der Waals surface area contributed by atoms with E-state index in [-0.39, 0.29) is 6.04 Å². The highest BCUT2D eigenvalue weighted by atomic mass is 16.5. The molecule has 2 aliphatic heterocycles. The predicted octanol–water partition coefficient (Wildman–Crippen LogP) is 7.05. The van der Waals surface area contributed by atoms with Crippen LogP contribution in [0.15, 0.2) is 61.2 Å². The third kappa shape index (κ3) is 6.18. The summed E-state index contributed by atoms with van der Waals surface area (Å²) in [6.45, 7) is 7.11. The number of benzene rings is 2. The molecule has 0 N–H and O–H groups in total. The van der Waals surface area contributed by atoms with Gasteiger partial charge in [0.25, 0.3) is 0 Å². The summed E-state index contributed by atoms with van der Waals surface area (Å²) in [6, 6.07) is 18.5. The van der Waals surface area contributed by atoms with Crippen LogP contribution < -0.4 is 4.74 Å². The number of rotatable bonds is 9. The Morgan fingerprint density at radius 3 is 2.46 bits per heavy atom. The number of carbonyl (C=O) groups is 1. The molecule has 0 radical (unpaired) electrons. The quantitative estimate of drug-likeness (QED) is 0.210. The van der Waals surface area contributed by atoms with E-state index in [1.165, 1.54) is 68.9 Å². The van der Waals surface area contributed by atoms with E-state index in [4.69, 9.17) is 4.74 Å². The highest BCUT2D eigenvalue weighted by Crippen LogP contribution is 2.37. The monoisotopic (exact) mass is 500 g/mol. The first-order chi connectivity index (χ1) is 18.2. The van der Waals surface area contributed by atoms with Gasteiger partial charge < -0.3 is 4.74 Å². The molecular formula is C33H44N2O2. The van der Waals surface area contributed by atoms with Gasteiger partial charge in [-0.25, -0.2) is 0 Å². The van der Waals surface area contributed by atoms with Crippen molar-refractivity contribution in [3.8, 4) is 5.75 Å². The maximum atomic E-state index is 13.2. The Balaban J connectivity index is 1.39. The van der Waals surface area contributed by atoms with Crippen molar-refractivity contribution in [3.63, 3.8) is 0 Å². The molecule has 4 heteroatoms. The van der Waals surface area contributed by atoms with Crippen LogP contribution in [0.5, 0.6) is 5.75 Å². The van der Waals surface area contributed by atoms with Crippen molar-refractivity contribution >= 4 is 5.78 Å². The summed E-state index contributed by atoms with van der Waals surface area (Å²) in [5.74, 6) is 1.76. The number of Topliss-reactive ketones (excluding diaryl/α,β-unsaturated/α-hetero) is 1. The number of fused-ring (bicyclic) bond motifs is 2. The van der Waals surface area contributed by atoms with E-state index in [1.54, 1.807) is 7.11 Å². The highest BCUT2D eigenvalue weighted by Gasteiger charge is 2.38. The summed E-state index contributed by atoms with van der Waals surface area (Å²) in [7, 11) is 1.74. The SMILES string of the molecule is C=CCN1C2CCC1CN(C(c1ccc(C(=O)CC3CCCCCC3)cc1)c1cccc(OC)c1)CC2. The second-order valence-corrected chi connectivity index (χ2v) is 11.4. The van der Waals surface area contributed by atoms with Crippen LogP contribution in [0.4, 0.5) is 0 Å². The molecule has 0 spiro atoms. The minimum atomic E-state index is 0.144. The van der Waals surface area contributed by atoms with Crippen LogP contribution in [-0.4, -0.2) is 54.4 Å². The summed E-state index contributed by atoms with van der Waals surface area (Å²) in [6.07, 6.45) is 14.1. The lowest BCUT2D eigenvalue weighted by atomic mass is 9.90. The second-order valence-electron chi connectivity index (χ2n) is 11.4. The van der Waals surface area contributed by atoms with Crippen LogP contribution in [-0.2, 0) is 0 Å². The first-order valence-corrected chi connectivity index (χ1v) is 14.5. The normalized spacial score (nSPS) is 24.2. The fourth-order valence-corrected chi connectivity index (χ4v) is 7.10. The molecule has 37 heavy (non-hydrogen) atoms. The van der Waals surface area contributed by atoms with Crippen LogP contribution in [0.3, 0.4) is 0 Å². The Morgan fingerprint density at radius 2 is 1.73 bits per heavy atom. The lowest BCUT2D eigenvalue weighted by Gasteiger charge is -2.34. The molecule has 4 nitrogen and oxygen atoms in total. The van der Waals surface area contributed by atoms with Gasteiger partial charge in [0.05, 0.1) is 13.2 Å². The number of hydrogen-bond acceptors (Lipinski definition) is 4. The summed E-state index contributed by atoms with van der Waals surface area (Å²) in [5, 5.41) is 0. The van der Waals surface area contributed by atoms with Crippen molar-refractivity contribution in [1.29, 1.82) is 0 Å². The minimum Gasteiger partial charge on any atom is -0.497 e. The van der Waals surface area contributed by atoms with Crippen molar-refractivity contribution in [2.24, 2.45) is 5.92 Å². The first kappa shape index (κ1) is 26.2. The fraction of sp³-hybridized carbons (Fsp3) is 0.545. The van der Waals surface area contributed by atoms with Gasteiger partial charge in [-0.1, -0.05) is 81.0 Å². The summed E-state index contributed by atoms with van der Waals surface area (Å²) in [5.41, 5.74) is 3.38. The van der Waals surface area contributed by atoms with E-state index >= 15 is 0 Å². The average molecular weight is 501 g/mol. The Kier molecular flexibility index (Phi) is 8.78. The third-order valence-corrected chi connectivity index (χ3v) is 9.08. The van der Waals surface area contributed by atoms with Crippen LogP contribution in [0.2, 0.25) is 0 Å². The molecule has 2 aromatic rings. The average Bonchev–Trinajstić information content (AvgIpc) is 3.05. The smallest absolute Gasteiger partial charge is 0.163 e. The molecule has 198 valence electrons. The van der Waals surface area contributed by atoms with E-state index < -0.39 is 0 Å². The molecule has 2 aromatic carbocycles. The lowest BCUT2D eigenvalue weighted by molar-refractivity contribution is 0.0957. The van der Waals surface area contributed by atoms with Gasteiger partial charge >= 0.3 is 0 Å². The molecule has 3 aliphatic rings. The van der Waals surface area contributed by atoms with Crippen LogP contribution >= 0.6 is 0 Å². The van der Waals surface area contributed by atoms with Crippen molar-refractivity contribution in [3.05, 3.63) is 77.9 Å². The topological polar surface area (TPSA) is 32.8 Å². The maximum Gasteiger partial charge on any atom is 0.163 e. The lowest BCUT2D eigenvalue weighted by Crippen LogP contribution is -2.40. The van der Waals surface area contributed by atoms with Crippen molar-refractivity contribution < 1.29 is 9.53 Å². The first-order valence-electron chi connectivity index (χ1n) is 14.5. The largest absolute Gasteiger partial charge is 0.497 e. The number of ether oxygens (including phenoxy) is 1. The number of ketones is 1. The van der Waals surface area contributed by atoms with E-state index in [9.17, 15) is 4.79 Å². The number of methoxy groups -OCH3 is 1. The van der Waals surface area contributed by atoms with E-state index in [0.29, 0.717) is 30.2 Å². The van der Waals surface area contributed by atoms with Crippen molar-refractivity contribution in [1.82, 2.24) is 9.80 Å². The summed E-state index contributed by atoms with van der Waals surface area (Å²) >= 11 is 0. The fourth-order valence-electron chi connectivity index (χ4n) is 7.10. The second kappa shape index (κ2) is 12.4. The zero-order valence-corrected chi connectivity index (χ0v) is 22.6. The van der Waals surface area contributed by atoms with E-state index in [2.05, 4.69) is 64.9 Å². The standard InChI is InChI=1S/C33H44N2O2/c1-3-20-35-29-17-18-30(35)24-34(21-19-29)33(28-11-8-12-31(23-28)37-2)27-15-13-26(14-16-27)32(36)22-25-9-6-4-5-7-10-25/h3,8,11-16,23,25,29-30,33H,1,4-7,9-10,17-22,24H2,2H3. The zero-order valence-electron chi connectivity index (χ0n) is 22.6. The van der Waals surface area contributed by atoms with Crippen LogP contribution in [0.1, 0.15) is 91.7 Å². The Labute approximate surface area is 223 Å². The van der Waals surface area contributed by atoms with Crippen molar-refractivity contribution in [2.45, 2.75) is 82.3 Å². The number of likely N-dealkylation sites (tertiary alicyclic amines) is 1. The Hall–Kier alpha value is -2.43. The van der Waals surface area contributed by atoms with Gasteiger partial charge in [-0.3, -0.25) is 14.6 Å². The minimum absolute atomic E-state index is 0.144. The van der Waals surface area contributed by atoms with Crippen molar-refractivity contribution in [2.75, 3.05) is 26.7 Å². The molecule has 1 saturated carbocycles. The van der Waals surface area contributed by atoms with Crippen LogP contribution in [0, 0.1) is 5.92 Å². The molecule has 2 saturated heterocycles. The maximum absolute atomic E-state index is 13.2. The zero-order chi connectivity index (χ0) is 25.6. The number of carbonyl (C=O) groups excluding carboxylic acids is 1. The molecule has 3 fully saturated rings. The molecule has 0 aromatic heterocycles. The van der Waals surface area contributed by atoms with Crippen LogP contribution in [0.25, 0.3) is 0 Å². The van der Waals surface area contributed by atoms with Gasteiger partial charge in [0, 0.05) is 43.7 Å². The third-order valence-electron chi connectivity index (χ3n) is 9.08. The van der Waals surface area contributed by atoms with Gasteiger partial charge in [0.1, 0.15) is 5.75 Å². The molecule has 5 rings (SSSR count).